The largest absolute Gasteiger partial charge is 0.550 e. The first-order valence-electron chi connectivity index (χ1n) is 3.61. The van der Waals surface area contributed by atoms with Crippen molar-refractivity contribution >= 4 is 5.97 Å². The maximum absolute atomic E-state index is 10.4. The Morgan fingerprint density at radius 2 is 2.08 bits per heavy atom. The number of carbonyl (C=O) groups is 1. The topological polar surface area (TPSA) is 60.4 Å². The molecule has 12 heavy (non-hydrogen) atoms. The van der Waals surface area contributed by atoms with Crippen molar-refractivity contribution < 1.29 is 15.0 Å². The summed E-state index contributed by atoms with van der Waals surface area (Å²) in [7, 11) is 0. The van der Waals surface area contributed by atoms with Gasteiger partial charge in [-0.1, -0.05) is 25.1 Å². The Balaban J connectivity index is 3.02. The van der Waals surface area contributed by atoms with E-state index in [0.717, 1.165) is 0 Å². The summed E-state index contributed by atoms with van der Waals surface area (Å²) in [4.78, 5) is 10.4. The third-order valence-electron chi connectivity index (χ3n) is 1.76. The van der Waals surface area contributed by atoms with Crippen molar-refractivity contribution in [1.82, 2.24) is 0 Å². The lowest BCUT2D eigenvalue weighted by Gasteiger charge is -2.13. The molecule has 0 fully saturated rings. The van der Waals surface area contributed by atoms with Gasteiger partial charge in [0, 0.05) is 17.5 Å². The van der Waals surface area contributed by atoms with E-state index in [2.05, 4.69) is 0 Å². The number of para-hydroxylation sites is 1. The second-order valence-corrected chi connectivity index (χ2v) is 2.60. The van der Waals surface area contributed by atoms with E-state index in [1.165, 1.54) is 13.0 Å². The lowest BCUT2D eigenvalue weighted by Crippen LogP contribution is -2.27. The minimum atomic E-state index is -1.18. The Hall–Kier alpha value is -1.51. The van der Waals surface area contributed by atoms with E-state index < -0.39 is 11.9 Å². The zero-order chi connectivity index (χ0) is 9.14. The molecule has 1 N–H and O–H groups in total. The van der Waals surface area contributed by atoms with Crippen LogP contribution in [0, 0.1) is 0 Å². The van der Waals surface area contributed by atoms with Gasteiger partial charge in [0.1, 0.15) is 5.75 Å². The molecule has 64 valence electrons. The van der Waals surface area contributed by atoms with Gasteiger partial charge >= 0.3 is 0 Å². The fourth-order valence-corrected chi connectivity index (χ4v) is 0.981. The maximum Gasteiger partial charge on any atom is 0.119 e. The highest BCUT2D eigenvalue weighted by atomic mass is 16.4. The van der Waals surface area contributed by atoms with Gasteiger partial charge in [-0.3, -0.25) is 0 Å². The number of hydrogen-bond donors (Lipinski definition) is 1. The van der Waals surface area contributed by atoms with E-state index in [1.807, 2.05) is 0 Å². The van der Waals surface area contributed by atoms with Crippen LogP contribution in [0.1, 0.15) is 18.4 Å². The van der Waals surface area contributed by atoms with Gasteiger partial charge in [0.05, 0.1) is 0 Å². The third-order valence-corrected chi connectivity index (χ3v) is 1.76. The van der Waals surface area contributed by atoms with Gasteiger partial charge in [-0.2, -0.15) is 0 Å². The quantitative estimate of drug-likeness (QED) is 0.683. The number of aliphatic carboxylic acids is 1. The van der Waals surface area contributed by atoms with Crippen LogP contribution in [0.2, 0.25) is 0 Å². The van der Waals surface area contributed by atoms with E-state index in [0.29, 0.717) is 5.56 Å². The molecule has 0 saturated heterocycles. The van der Waals surface area contributed by atoms with Crippen molar-refractivity contribution in [2.24, 2.45) is 0 Å². The molecule has 0 bridgehead atoms. The van der Waals surface area contributed by atoms with Crippen LogP contribution in [-0.4, -0.2) is 11.1 Å². The van der Waals surface area contributed by atoms with Crippen LogP contribution >= 0.6 is 0 Å². The third kappa shape index (κ3) is 1.56. The number of rotatable bonds is 2. The Kier molecular flexibility index (Phi) is 2.33. The molecule has 0 aliphatic carbocycles. The smallest absolute Gasteiger partial charge is 0.119 e. The molecule has 3 nitrogen and oxygen atoms in total. The van der Waals surface area contributed by atoms with Gasteiger partial charge < -0.3 is 15.0 Å². The molecule has 1 aromatic carbocycles. The van der Waals surface area contributed by atoms with Crippen LogP contribution in [0.3, 0.4) is 0 Å². The molecule has 3 heteroatoms. The highest BCUT2D eigenvalue weighted by Gasteiger charge is 2.09. The zero-order valence-electron chi connectivity index (χ0n) is 6.65. The molecule has 1 rings (SSSR count). The molecule has 0 aromatic heterocycles. The summed E-state index contributed by atoms with van der Waals surface area (Å²) in [6.07, 6.45) is 0. The van der Waals surface area contributed by atoms with E-state index >= 15 is 0 Å². The minimum Gasteiger partial charge on any atom is -0.550 e. The van der Waals surface area contributed by atoms with E-state index in [-0.39, 0.29) is 5.75 Å². The molecule has 0 aliphatic rings. The molecular formula is C9H9O3-. The number of hydrogen-bond acceptors (Lipinski definition) is 3. The van der Waals surface area contributed by atoms with Crippen molar-refractivity contribution in [2.45, 2.75) is 12.8 Å². The Labute approximate surface area is 70.3 Å². The monoisotopic (exact) mass is 165 g/mol. The second-order valence-electron chi connectivity index (χ2n) is 2.60. The molecule has 1 atom stereocenters. The summed E-state index contributed by atoms with van der Waals surface area (Å²) in [5.74, 6) is -1.96. The number of carboxylic acid groups (broad SMARTS) is 1. The lowest BCUT2D eigenvalue weighted by molar-refractivity contribution is -0.307. The van der Waals surface area contributed by atoms with Crippen molar-refractivity contribution in [3.8, 4) is 5.75 Å². The van der Waals surface area contributed by atoms with Gasteiger partial charge in [0.25, 0.3) is 0 Å². The molecule has 0 amide bonds. The summed E-state index contributed by atoms with van der Waals surface area (Å²) in [5, 5.41) is 19.7. The van der Waals surface area contributed by atoms with Gasteiger partial charge in [0.15, 0.2) is 0 Å². The summed E-state index contributed by atoms with van der Waals surface area (Å²) < 4.78 is 0. The molecule has 0 unspecified atom stereocenters. The van der Waals surface area contributed by atoms with Crippen molar-refractivity contribution in [2.75, 3.05) is 0 Å². The second kappa shape index (κ2) is 3.26. The average molecular weight is 165 g/mol. The van der Waals surface area contributed by atoms with E-state index in [9.17, 15) is 15.0 Å². The fraction of sp³-hybridized carbons (Fsp3) is 0.222. The van der Waals surface area contributed by atoms with Gasteiger partial charge in [-0.05, 0) is 6.07 Å². The Morgan fingerprint density at radius 1 is 1.50 bits per heavy atom. The molecule has 0 saturated carbocycles. The van der Waals surface area contributed by atoms with Crippen LogP contribution < -0.4 is 5.11 Å². The highest BCUT2D eigenvalue weighted by Crippen LogP contribution is 2.24. The molecule has 1 aromatic rings. The Morgan fingerprint density at radius 3 is 2.58 bits per heavy atom. The van der Waals surface area contributed by atoms with Gasteiger partial charge in [0.2, 0.25) is 0 Å². The van der Waals surface area contributed by atoms with Crippen LogP contribution in [-0.2, 0) is 4.79 Å². The van der Waals surface area contributed by atoms with Crippen molar-refractivity contribution in [3.63, 3.8) is 0 Å². The molecule has 0 radical (unpaired) electrons. The predicted molar refractivity (Wildman–Crippen MR) is 41.5 cm³/mol. The van der Waals surface area contributed by atoms with Crippen LogP contribution in [0.15, 0.2) is 24.3 Å². The molecule has 0 spiro atoms. The number of benzene rings is 1. The average Bonchev–Trinajstić information content (AvgIpc) is 2.04. The normalized spacial score (nSPS) is 12.4. The summed E-state index contributed by atoms with van der Waals surface area (Å²) in [6.45, 7) is 1.48. The van der Waals surface area contributed by atoms with Crippen molar-refractivity contribution in [1.29, 1.82) is 0 Å². The number of aromatic hydroxyl groups is 1. The summed E-state index contributed by atoms with van der Waals surface area (Å²) >= 11 is 0. The van der Waals surface area contributed by atoms with Crippen LogP contribution in [0.5, 0.6) is 5.75 Å². The first kappa shape index (κ1) is 8.59. The molecular weight excluding hydrogens is 156 g/mol. The number of carboxylic acids is 1. The minimum absolute atomic E-state index is 0.00537. The van der Waals surface area contributed by atoms with E-state index in [4.69, 9.17) is 0 Å². The van der Waals surface area contributed by atoms with Crippen LogP contribution in [0.4, 0.5) is 0 Å². The number of phenolic OH excluding ortho intramolecular Hbond substituents is 1. The van der Waals surface area contributed by atoms with E-state index in [1.54, 1.807) is 18.2 Å². The van der Waals surface area contributed by atoms with Crippen molar-refractivity contribution in [3.05, 3.63) is 29.8 Å². The molecule has 0 aliphatic heterocycles. The zero-order valence-corrected chi connectivity index (χ0v) is 6.65. The predicted octanol–water partition coefficient (Wildman–Crippen LogP) is 0.246. The van der Waals surface area contributed by atoms with Gasteiger partial charge in [-0.15, -0.1) is 0 Å². The highest BCUT2D eigenvalue weighted by molar-refractivity contribution is 5.74. The molecule has 0 heterocycles. The first-order valence-corrected chi connectivity index (χ1v) is 3.61. The van der Waals surface area contributed by atoms with Gasteiger partial charge in [-0.25, -0.2) is 0 Å². The summed E-state index contributed by atoms with van der Waals surface area (Å²) in [5.41, 5.74) is 0.387. The Bertz CT molecular complexity index is 294. The maximum atomic E-state index is 10.4. The first-order chi connectivity index (χ1) is 5.63. The van der Waals surface area contributed by atoms with Crippen LogP contribution in [0.25, 0.3) is 0 Å². The summed E-state index contributed by atoms with van der Waals surface area (Å²) in [6, 6.07) is 6.33. The standard InChI is InChI=1S/C9H10O3/c1-6(9(11)12)7-4-2-3-5-8(7)10/h2-6,10H,1H3,(H,11,12)/p-1/t6-/m0/s1. The fourth-order valence-electron chi connectivity index (χ4n) is 0.981. The lowest BCUT2D eigenvalue weighted by atomic mass is 10.0. The SMILES string of the molecule is C[C@H](C(=O)[O-])c1ccccc1O. The number of carbonyl (C=O) groups excluding carboxylic acids is 1. The number of phenols is 1.